The molecule has 1 aromatic heterocycles. The van der Waals surface area contributed by atoms with E-state index in [2.05, 4.69) is 5.32 Å². The normalized spacial score (nSPS) is 14.8. The van der Waals surface area contributed by atoms with Gasteiger partial charge in [-0.25, -0.2) is 8.42 Å². The van der Waals surface area contributed by atoms with Crippen LogP contribution in [0.25, 0.3) is 0 Å². The number of anilines is 1. The molecule has 0 atom stereocenters. The van der Waals surface area contributed by atoms with E-state index in [1.54, 1.807) is 0 Å². The molecular formula is C19H22N2O7S2. The summed E-state index contributed by atoms with van der Waals surface area (Å²) in [7, 11) is -2.32. The number of morpholine rings is 1. The second kappa shape index (κ2) is 10.0. The summed E-state index contributed by atoms with van der Waals surface area (Å²) in [5.74, 6) is -0.888. The van der Waals surface area contributed by atoms with E-state index in [1.165, 1.54) is 41.0 Å². The van der Waals surface area contributed by atoms with Crippen molar-refractivity contribution < 1.29 is 32.2 Å². The van der Waals surface area contributed by atoms with Gasteiger partial charge in [0.15, 0.2) is 6.61 Å². The van der Waals surface area contributed by atoms with Crippen molar-refractivity contribution in [3.05, 3.63) is 40.6 Å². The number of thiophene rings is 1. The topological polar surface area (TPSA) is 111 Å². The Labute approximate surface area is 178 Å². The molecule has 162 valence electrons. The van der Waals surface area contributed by atoms with Crippen molar-refractivity contribution in [3.63, 3.8) is 0 Å². The Bertz CT molecular complexity index is 984. The van der Waals surface area contributed by atoms with Crippen molar-refractivity contribution in [2.75, 3.05) is 45.3 Å². The van der Waals surface area contributed by atoms with Gasteiger partial charge in [-0.05, 0) is 34.5 Å². The fourth-order valence-corrected chi connectivity index (χ4v) is 4.91. The van der Waals surface area contributed by atoms with Gasteiger partial charge in [-0.2, -0.15) is 15.6 Å². The van der Waals surface area contributed by atoms with Gasteiger partial charge in [-0.3, -0.25) is 9.59 Å². The van der Waals surface area contributed by atoms with Crippen LogP contribution in [0.4, 0.5) is 5.69 Å². The maximum atomic E-state index is 12.8. The predicted molar refractivity (Wildman–Crippen MR) is 110 cm³/mol. The number of amides is 1. The van der Waals surface area contributed by atoms with Crippen LogP contribution >= 0.6 is 11.3 Å². The van der Waals surface area contributed by atoms with Gasteiger partial charge in [-0.1, -0.05) is 0 Å². The monoisotopic (exact) mass is 454 g/mol. The first kappa shape index (κ1) is 22.2. The van der Waals surface area contributed by atoms with Crippen LogP contribution < -0.4 is 10.1 Å². The van der Waals surface area contributed by atoms with Gasteiger partial charge in [-0.15, -0.1) is 0 Å². The summed E-state index contributed by atoms with van der Waals surface area (Å²) in [4.78, 5) is 24.0. The van der Waals surface area contributed by atoms with Crippen molar-refractivity contribution in [1.29, 1.82) is 0 Å². The largest absolute Gasteiger partial charge is 0.495 e. The Hall–Kier alpha value is -2.47. The zero-order valence-electron chi connectivity index (χ0n) is 16.3. The van der Waals surface area contributed by atoms with Crippen molar-refractivity contribution in [1.82, 2.24) is 4.31 Å². The SMILES string of the molecule is COc1cc(S(=O)(=O)N2CCOCC2)ccc1NC(=O)COC(=O)Cc1ccsc1. The molecule has 0 unspecified atom stereocenters. The van der Waals surface area contributed by atoms with E-state index < -0.39 is 28.5 Å². The van der Waals surface area contributed by atoms with Crippen LogP contribution in [0.15, 0.2) is 39.9 Å². The van der Waals surface area contributed by atoms with Crippen molar-refractivity contribution >= 4 is 38.9 Å². The third-order valence-electron chi connectivity index (χ3n) is 4.35. The lowest BCUT2D eigenvalue weighted by Gasteiger charge is -2.26. The minimum atomic E-state index is -3.69. The summed E-state index contributed by atoms with van der Waals surface area (Å²) in [6.07, 6.45) is 0.0915. The summed E-state index contributed by atoms with van der Waals surface area (Å²) in [6.45, 7) is 0.783. The van der Waals surface area contributed by atoms with E-state index in [4.69, 9.17) is 14.2 Å². The van der Waals surface area contributed by atoms with E-state index in [1.807, 2.05) is 16.8 Å². The van der Waals surface area contributed by atoms with Crippen molar-refractivity contribution in [3.8, 4) is 5.75 Å². The fourth-order valence-electron chi connectivity index (χ4n) is 2.81. The molecule has 1 N–H and O–H groups in total. The van der Waals surface area contributed by atoms with Crippen molar-refractivity contribution in [2.45, 2.75) is 11.3 Å². The Kier molecular flexibility index (Phi) is 7.43. The van der Waals surface area contributed by atoms with Crippen LogP contribution in [0.5, 0.6) is 5.75 Å². The highest BCUT2D eigenvalue weighted by molar-refractivity contribution is 7.89. The molecule has 0 aliphatic carbocycles. The van der Waals surface area contributed by atoms with Gasteiger partial charge in [0.2, 0.25) is 10.0 Å². The minimum absolute atomic E-state index is 0.0569. The van der Waals surface area contributed by atoms with E-state index in [-0.39, 0.29) is 35.8 Å². The number of benzene rings is 1. The number of nitrogens with zero attached hydrogens (tertiary/aromatic N) is 1. The number of rotatable bonds is 8. The highest BCUT2D eigenvalue weighted by Crippen LogP contribution is 2.29. The van der Waals surface area contributed by atoms with Crippen molar-refractivity contribution in [2.24, 2.45) is 0 Å². The molecule has 1 aliphatic heterocycles. The van der Waals surface area contributed by atoms with Gasteiger partial charge in [0.25, 0.3) is 5.91 Å². The molecule has 3 rings (SSSR count). The first-order valence-corrected chi connectivity index (χ1v) is 11.5. The zero-order valence-corrected chi connectivity index (χ0v) is 18.0. The van der Waals surface area contributed by atoms with Crippen LogP contribution in [-0.4, -0.2) is 64.6 Å². The standard InChI is InChI=1S/C19H22N2O7S2/c1-26-17-11-15(30(24,25)21-5-7-27-8-6-21)2-3-16(17)20-18(22)12-28-19(23)10-14-4-9-29-13-14/h2-4,9,11,13H,5-8,10,12H2,1H3,(H,20,22). The highest BCUT2D eigenvalue weighted by atomic mass is 32.2. The maximum Gasteiger partial charge on any atom is 0.310 e. The Morgan fingerprint density at radius 2 is 2.00 bits per heavy atom. The van der Waals surface area contributed by atoms with Gasteiger partial charge in [0.05, 0.1) is 37.3 Å². The molecule has 2 heterocycles. The van der Waals surface area contributed by atoms with Gasteiger partial charge >= 0.3 is 5.97 Å². The van der Waals surface area contributed by atoms with Crippen LogP contribution in [0.1, 0.15) is 5.56 Å². The van der Waals surface area contributed by atoms with E-state index in [0.717, 1.165) is 5.56 Å². The Morgan fingerprint density at radius 3 is 2.67 bits per heavy atom. The third-order valence-corrected chi connectivity index (χ3v) is 6.97. The Balaban J connectivity index is 1.61. The summed E-state index contributed by atoms with van der Waals surface area (Å²) >= 11 is 1.47. The van der Waals surface area contributed by atoms with Gasteiger partial charge in [0, 0.05) is 19.2 Å². The number of esters is 1. The predicted octanol–water partition coefficient (Wildman–Crippen LogP) is 1.50. The molecule has 30 heavy (non-hydrogen) atoms. The minimum Gasteiger partial charge on any atom is -0.495 e. The fraction of sp³-hybridized carbons (Fsp3) is 0.368. The molecule has 1 saturated heterocycles. The molecule has 9 nitrogen and oxygen atoms in total. The molecule has 1 aromatic carbocycles. The number of carbonyl (C=O) groups excluding carboxylic acids is 2. The molecule has 1 aliphatic rings. The van der Waals surface area contributed by atoms with E-state index in [9.17, 15) is 18.0 Å². The second-order valence-electron chi connectivity index (χ2n) is 6.40. The molecule has 0 saturated carbocycles. The average Bonchev–Trinajstić information content (AvgIpc) is 3.26. The molecular weight excluding hydrogens is 432 g/mol. The number of sulfonamides is 1. The quantitative estimate of drug-likeness (QED) is 0.602. The number of methoxy groups -OCH3 is 1. The molecule has 0 bridgehead atoms. The van der Waals surface area contributed by atoms with E-state index in [0.29, 0.717) is 13.2 Å². The number of hydrogen-bond acceptors (Lipinski definition) is 8. The average molecular weight is 455 g/mol. The number of carbonyl (C=O) groups is 2. The smallest absolute Gasteiger partial charge is 0.310 e. The number of ether oxygens (including phenoxy) is 3. The Morgan fingerprint density at radius 1 is 1.23 bits per heavy atom. The number of hydrogen-bond donors (Lipinski definition) is 1. The summed E-state index contributed by atoms with van der Waals surface area (Å²) in [5.41, 5.74) is 1.10. The molecule has 0 radical (unpaired) electrons. The van der Waals surface area contributed by atoms with Crippen LogP contribution in [-0.2, 0) is 35.5 Å². The first-order valence-electron chi connectivity index (χ1n) is 9.12. The molecule has 0 spiro atoms. The summed E-state index contributed by atoms with van der Waals surface area (Å²) in [5, 5.41) is 6.25. The molecule has 2 aromatic rings. The lowest BCUT2D eigenvalue weighted by Crippen LogP contribution is -2.40. The first-order chi connectivity index (χ1) is 14.4. The summed E-state index contributed by atoms with van der Waals surface area (Å²) < 4.78 is 42.3. The summed E-state index contributed by atoms with van der Waals surface area (Å²) in [6, 6.07) is 6.00. The van der Waals surface area contributed by atoms with Crippen LogP contribution in [0.3, 0.4) is 0 Å². The molecule has 11 heteroatoms. The highest BCUT2D eigenvalue weighted by Gasteiger charge is 2.27. The van der Waals surface area contributed by atoms with Crippen LogP contribution in [0.2, 0.25) is 0 Å². The third kappa shape index (κ3) is 5.57. The lowest BCUT2D eigenvalue weighted by molar-refractivity contribution is -0.146. The van der Waals surface area contributed by atoms with E-state index >= 15 is 0 Å². The van der Waals surface area contributed by atoms with Gasteiger partial charge in [0.1, 0.15) is 5.75 Å². The molecule has 1 fully saturated rings. The maximum absolute atomic E-state index is 12.8. The second-order valence-corrected chi connectivity index (χ2v) is 9.11. The number of nitrogens with one attached hydrogen (secondary N) is 1. The van der Waals surface area contributed by atoms with Gasteiger partial charge < -0.3 is 19.5 Å². The lowest BCUT2D eigenvalue weighted by atomic mass is 10.2. The van der Waals surface area contributed by atoms with Crippen LogP contribution in [0, 0.1) is 0 Å². The zero-order chi connectivity index (χ0) is 21.6. The molecule has 1 amide bonds.